The van der Waals surface area contributed by atoms with Crippen molar-refractivity contribution in [2.24, 2.45) is 0 Å². The number of hydrogen-bond donors (Lipinski definition) is 1. The summed E-state index contributed by atoms with van der Waals surface area (Å²) < 4.78 is 7.15. The minimum atomic E-state index is -0.117. The molecule has 0 radical (unpaired) electrons. The van der Waals surface area contributed by atoms with Gasteiger partial charge in [-0.1, -0.05) is 0 Å². The lowest BCUT2D eigenvalue weighted by atomic mass is 10.2. The highest BCUT2D eigenvalue weighted by Crippen LogP contribution is 2.19. The molecule has 0 aliphatic carbocycles. The van der Waals surface area contributed by atoms with Gasteiger partial charge in [0.1, 0.15) is 10.2 Å². The van der Waals surface area contributed by atoms with E-state index < -0.39 is 0 Å². The number of ether oxygens (including phenoxy) is 1. The maximum Gasteiger partial charge on any atom is 0.268 e. The SMILES string of the molecule is COc1cc(N)cc(Cn2cnc(C)c(Br)c2=O)c1. The number of anilines is 1. The summed E-state index contributed by atoms with van der Waals surface area (Å²) in [4.78, 5) is 16.2. The van der Waals surface area contributed by atoms with Gasteiger partial charge < -0.3 is 10.5 Å². The Labute approximate surface area is 119 Å². The number of aryl methyl sites for hydroxylation is 1. The Morgan fingerprint density at radius 1 is 1.42 bits per heavy atom. The molecule has 0 bridgehead atoms. The van der Waals surface area contributed by atoms with Crippen LogP contribution in [-0.4, -0.2) is 16.7 Å². The van der Waals surface area contributed by atoms with Gasteiger partial charge >= 0.3 is 0 Å². The van der Waals surface area contributed by atoms with Gasteiger partial charge in [-0.3, -0.25) is 9.36 Å². The van der Waals surface area contributed by atoms with Gasteiger partial charge in [0.2, 0.25) is 0 Å². The van der Waals surface area contributed by atoms with Gasteiger partial charge in [0, 0.05) is 11.8 Å². The van der Waals surface area contributed by atoms with Crippen LogP contribution in [0.4, 0.5) is 5.69 Å². The van der Waals surface area contributed by atoms with Gasteiger partial charge in [-0.05, 0) is 40.5 Å². The molecule has 0 fully saturated rings. The van der Waals surface area contributed by atoms with E-state index in [9.17, 15) is 4.79 Å². The molecule has 0 saturated heterocycles. The lowest BCUT2D eigenvalue weighted by molar-refractivity contribution is 0.414. The Kier molecular flexibility index (Phi) is 3.90. The van der Waals surface area contributed by atoms with Crippen LogP contribution < -0.4 is 16.0 Å². The summed E-state index contributed by atoms with van der Waals surface area (Å²) >= 11 is 3.24. The molecule has 100 valence electrons. The zero-order valence-corrected chi connectivity index (χ0v) is 12.3. The normalized spacial score (nSPS) is 10.5. The smallest absolute Gasteiger partial charge is 0.268 e. The molecule has 1 heterocycles. The van der Waals surface area contributed by atoms with Crippen LogP contribution in [0.25, 0.3) is 0 Å². The molecule has 0 amide bonds. The number of methoxy groups -OCH3 is 1. The first-order valence-electron chi connectivity index (χ1n) is 5.66. The van der Waals surface area contributed by atoms with Gasteiger partial charge in [-0.25, -0.2) is 4.98 Å². The molecule has 0 atom stereocenters. The summed E-state index contributed by atoms with van der Waals surface area (Å²) in [6.07, 6.45) is 1.53. The second-order valence-corrected chi connectivity index (χ2v) is 4.98. The molecule has 2 aromatic rings. The van der Waals surface area contributed by atoms with E-state index in [1.807, 2.05) is 12.1 Å². The van der Waals surface area contributed by atoms with Crippen LogP contribution in [0.5, 0.6) is 5.75 Å². The summed E-state index contributed by atoms with van der Waals surface area (Å²) in [5.41, 5.74) is 7.83. The van der Waals surface area contributed by atoms with Crippen molar-refractivity contribution in [3.05, 3.63) is 50.6 Å². The van der Waals surface area contributed by atoms with Crippen molar-refractivity contribution in [3.63, 3.8) is 0 Å². The number of rotatable bonds is 3. The van der Waals surface area contributed by atoms with E-state index in [2.05, 4.69) is 20.9 Å². The third-order valence-electron chi connectivity index (χ3n) is 2.73. The van der Waals surface area contributed by atoms with E-state index in [-0.39, 0.29) is 5.56 Å². The Hall–Kier alpha value is -1.82. The van der Waals surface area contributed by atoms with Crippen LogP contribution in [0, 0.1) is 6.92 Å². The second-order valence-electron chi connectivity index (χ2n) is 4.19. The lowest BCUT2D eigenvalue weighted by Crippen LogP contribution is -2.22. The minimum absolute atomic E-state index is 0.117. The van der Waals surface area contributed by atoms with Crippen LogP contribution >= 0.6 is 15.9 Å². The summed E-state index contributed by atoms with van der Waals surface area (Å²) in [6.45, 7) is 2.17. The van der Waals surface area contributed by atoms with E-state index in [1.165, 1.54) is 10.9 Å². The molecular formula is C13H14BrN3O2. The number of hydrogen-bond acceptors (Lipinski definition) is 4. The van der Waals surface area contributed by atoms with Gasteiger partial charge in [-0.15, -0.1) is 0 Å². The molecule has 1 aromatic heterocycles. The topological polar surface area (TPSA) is 70.1 Å². The molecular weight excluding hydrogens is 310 g/mol. The summed E-state index contributed by atoms with van der Waals surface area (Å²) in [7, 11) is 1.58. The van der Waals surface area contributed by atoms with E-state index in [4.69, 9.17) is 10.5 Å². The molecule has 0 aliphatic rings. The number of nitrogens with two attached hydrogens (primary N) is 1. The molecule has 2 N–H and O–H groups in total. The second kappa shape index (κ2) is 5.44. The largest absolute Gasteiger partial charge is 0.497 e. The Bertz CT molecular complexity index is 667. The van der Waals surface area contributed by atoms with Crippen molar-refractivity contribution in [2.45, 2.75) is 13.5 Å². The predicted molar refractivity (Wildman–Crippen MR) is 77.4 cm³/mol. The zero-order valence-electron chi connectivity index (χ0n) is 10.7. The fourth-order valence-electron chi connectivity index (χ4n) is 1.75. The molecule has 19 heavy (non-hydrogen) atoms. The number of aromatic nitrogens is 2. The van der Waals surface area contributed by atoms with Crippen LogP contribution in [-0.2, 0) is 6.54 Å². The predicted octanol–water partition coefficient (Wildman–Crippen LogP) is 1.95. The van der Waals surface area contributed by atoms with E-state index in [0.717, 1.165) is 5.56 Å². The van der Waals surface area contributed by atoms with Crippen molar-refractivity contribution in [3.8, 4) is 5.75 Å². The lowest BCUT2D eigenvalue weighted by Gasteiger charge is -2.09. The fourth-order valence-corrected chi connectivity index (χ4v) is 2.08. The van der Waals surface area contributed by atoms with Crippen molar-refractivity contribution >= 4 is 21.6 Å². The van der Waals surface area contributed by atoms with E-state index in [0.29, 0.717) is 28.1 Å². The summed E-state index contributed by atoms with van der Waals surface area (Å²) in [5.74, 6) is 0.669. The highest BCUT2D eigenvalue weighted by atomic mass is 79.9. The first-order valence-corrected chi connectivity index (χ1v) is 6.45. The number of nitrogen functional groups attached to an aromatic ring is 1. The average molecular weight is 324 g/mol. The van der Waals surface area contributed by atoms with Crippen LogP contribution in [0.2, 0.25) is 0 Å². The quantitative estimate of drug-likeness (QED) is 0.876. The molecule has 0 saturated carbocycles. The molecule has 6 heteroatoms. The maximum absolute atomic E-state index is 12.0. The van der Waals surface area contributed by atoms with Crippen molar-refractivity contribution in [1.29, 1.82) is 0 Å². The molecule has 0 spiro atoms. The maximum atomic E-state index is 12.0. The van der Waals surface area contributed by atoms with Crippen LogP contribution in [0.15, 0.2) is 33.8 Å². The highest BCUT2D eigenvalue weighted by molar-refractivity contribution is 9.10. The van der Waals surface area contributed by atoms with Gasteiger partial charge in [0.15, 0.2) is 0 Å². The third-order valence-corrected chi connectivity index (χ3v) is 3.65. The average Bonchev–Trinajstić information content (AvgIpc) is 2.39. The van der Waals surface area contributed by atoms with Gasteiger partial charge in [-0.2, -0.15) is 0 Å². The minimum Gasteiger partial charge on any atom is -0.497 e. The first-order chi connectivity index (χ1) is 9.01. The first kappa shape index (κ1) is 13.6. The summed E-state index contributed by atoms with van der Waals surface area (Å²) in [5, 5.41) is 0. The van der Waals surface area contributed by atoms with Crippen molar-refractivity contribution in [1.82, 2.24) is 9.55 Å². The molecule has 2 rings (SSSR count). The van der Waals surface area contributed by atoms with E-state index in [1.54, 1.807) is 20.1 Å². The fraction of sp³-hybridized carbons (Fsp3) is 0.231. The van der Waals surface area contributed by atoms with E-state index >= 15 is 0 Å². The molecule has 0 unspecified atom stereocenters. The Balaban J connectivity index is 2.39. The van der Waals surface area contributed by atoms with Crippen LogP contribution in [0.1, 0.15) is 11.3 Å². The highest BCUT2D eigenvalue weighted by Gasteiger charge is 2.07. The molecule has 1 aromatic carbocycles. The van der Waals surface area contributed by atoms with Gasteiger partial charge in [0.05, 0.1) is 25.7 Å². The van der Waals surface area contributed by atoms with Crippen molar-refractivity contribution in [2.75, 3.05) is 12.8 Å². The Morgan fingerprint density at radius 2 is 2.16 bits per heavy atom. The van der Waals surface area contributed by atoms with Gasteiger partial charge in [0.25, 0.3) is 5.56 Å². The molecule has 0 aliphatic heterocycles. The zero-order chi connectivity index (χ0) is 14.0. The third kappa shape index (κ3) is 2.96. The summed E-state index contributed by atoms with van der Waals surface area (Å²) in [6, 6.07) is 5.38. The standard InChI is InChI=1S/C13H14BrN3O2/c1-8-12(14)13(18)17(7-16-8)6-9-3-10(15)5-11(4-9)19-2/h3-5,7H,6,15H2,1-2H3. The number of benzene rings is 1. The Morgan fingerprint density at radius 3 is 2.84 bits per heavy atom. The molecule has 5 nitrogen and oxygen atoms in total. The number of nitrogens with zero attached hydrogens (tertiary/aromatic N) is 2. The van der Waals surface area contributed by atoms with Crippen molar-refractivity contribution < 1.29 is 4.74 Å². The monoisotopic (exact) mass is 323 g/mol. The van der Waals surface area contributed by atoms with Crippen LogP contribution in [0.3, 0.4) is 0 Å². The number of halogens is 1.